The summed E-state index contributed by atoms with van der Waals surface area (Å²) >= 11 is 0. The van der Waals surface area contributed by atoms with Crippen molar-refractivity contribution < 1.29 is 16.8 Å². The van der Waals surface area contributed by atoms with Crippen LogP contribution in [0.25, 0.3) is 76.9 Å². The Balaban J connectivity index is 1.14. The van der Waals surface area contributed by atoms with Gasteiger partial charge >= 0.3 is 0 Å². The summed E-state index contributed by atoms with van der Waals surface area (Å²) in [5.74, 6) is 0. The minimum Gasteiger partial charge on any atom is -0.455 e. The normalized spacial score (nSPS) is 13.9. The third-order valence-electron chi connectivity index (χ3n) is 9.62. The Morgan fingerprint density at radius 1 is 0.404 bits per heavy atom. The van der Waals surface area contributed by atoms with Crippen LogP contribution in [0.1, 0.15) is 12.3 Å². The van der Waals surface area contributed by atoms with Gasteiger partial charge < -0.3 is 9.32 Å². The SMILES string of the molecule is [2H]c1c([2H])c([2H])c(-c2c([2H])c([2H])c(N(c3ccc(-c4ccc5ccccc5c4)cc3)c3ccc(-c4cccc5oc6c7ccccc7ccc6c45)cc3)c([2H])c2[2H])c([2H])c1[2H]. The second kappa shape index (κ2) is 12.5. The molecule has 2 nitrogen and oxygen atoms in total. The molecule has 1 heterocycles. The molecule has 1 aromatic heterocycles. The second-order valence-corrected chi connectivity index (χ2v) is 12.7. The van der Waals surface area contributed by atoms with E-state index in [4.69, 9.17) is 11.3 Å². The van der Waals surface area contributed by atoms with Crippen molar-refractivity contribution in [2.24, 2.45) is 0 Å². The number of furan rings is 1. The van der Waals surface area contributed by atoms with E-state index in [9.17, 15) is 5.48 Å². The summed E-state index contributed by atoms with van der Waals surface area (Å²) in [5.41, 5.74) is 5.64. The van der Waals surface area contributed by atoms with Crippen molar-refractivity contribution in [1.29, 1.82) is 0 Å². The van der Waals surface area contributed by atoms with Gasteiger partial charge in [-0.25, -0.2) is 0 Å². The first kappa shape index (κ1) is 22.0. The van der Waals surface area contributed by atoms with E-state index in [1.54, 1.807) is 4.90 Å². The number of benzene rings is 9. The Morgan fingerprint density at radius 3 is 1.81 bits per heavy atom. The van der Waals surface area contributed by atoms with Crippen LogP contribution in [0.3, 0.4) is 0 Å². The van der Waals surface area contributed by atoms with Crippen LogP contribution in [0.4, 0.5) is 17.1 Å². The molecule has 2 heteroatoms. The molecule has 52 heavy (non-hydrogen) atoms. The van der Waals surface area contributed by atoms with Gasteiger partial charge in [0.2, 0.25) is 0 Å². The number of anilines is 3. The Kier molecular flexibility index (Phi) is 5.28. The summed E-state index contributed by atoms with van der Waals surface area (Å²) < 4.78 is 85.3. The number of fused-ring (bicyclic) bond motifs is 6. The summed E-state index contributed by atoms with van der Waals surface area (Å²) in [7, 11) is 0. The maximum absolute atomic E-state index is 9.38. The lowest BCUT2D eigenvalue weighted by Crippen LogP contribution is -2.09. The van der Waals surface area contributed by atoms with Crippen molar-refractivity contribution in [3.05, 3.63) is 200 Å². The molecule has 0 fully saturated rings. The first-order valence-electron chi connectivity index (χ1n) is 21.5. The average Bonchev–Trinajstić information content (AvgIpc) is 3.69. The lowest BCUT2D eigenvalue weighted by atomic mass is 9.97. The number of hydrogen-bond donors (Lipinski definition) is 0. The molecule has 0 aliphatic heterocycles. The van der Waals surface area contributed by atoms with Crippen LogP contribution in [0.5, 0.6) is 0 Å². The fourth-order valence-electron chi connectivity index (χ4n) is 7.08. The van der Waals surface area contributed by atoms with E-state index in [-0.39, 0.29) is 16.8 Å². The molecule has 9 aromatic carbocycles. The monoisotopic (exact) mass is 672 g/mol. The standard InChI is InChI=1S/C50H33NO/c1-2-9-34(10-3-1)36-19-26-42(27-20-36)51(43-28-21-37(22-29-43)41-18-17-35-11-4-5-13-40(35)33-41)44-30-23-39(24-31-44)45-15-8-16-48-49(45)47-32-25-38-12-6-7-14-46(38)50(47)52-48/h1-33H/i1D,2D,3D,9D,10D,19D,20D,26D,27D. The maximum Gasteiger partial charge on any atom is 0.143 e. The van der Waals surface area contributed by atoms with Gasteiger partial charge in [0.25, 0.3) is 0 Å². The van der Waals surface area contributed by atoms with E-state index >= 15 is 0 Å². The molecule has 0 unspecified atom stereocenters. The lowest BCUT2D eigenvalue weighted by molar-refractivity contribution is 0.673. The smallest absolute Gasteiger partial charge is 0.143 e. The zero-order valence-electron chi connectivity index (χ0n) is 36.7. The number of hydrogen-bond acceptors (Lipinski definition) is 2. The predicted octanol–water partition coefficient (Wildman–Crippen LogP) is 14.4. The Bertz CT molecular complexity index is 3360. The molecule has 244 valence electrons. The largest absolute Gasteiger partial charge is 0.455 e. The molecule has 0 saturated carbocycles. The molecular formula is C50H33NO. The second-order valence-electron chi connectivity index (χ2n) is 12.7. The van der Waals surface area contributed by atoms with Crippen LogP contribution in [-0.4, -0.2) is 0 Å². The molecule has 0 spiro atoms. The zero-order chi connectivity index (χ0) is 42.3. The van der Waals surface area contributed by atoms with Gasteiger partial charge in [-0.05, 0) is 104 Å². The highest BCUT2D eigenvalue weighted by Crippen LogP contribution is 2.42. The topological polar surface area (TPSA) is 16.4 Å². The summed E-state index contributed by atoms with van der Waals surface area (Å²) in [6.07, 6.45) is 0. The summed E-state index contributed by atoms with van der Waals surface area (Å²) in [4.78, 5) is 1.67. The highest BCUT2D eigenvalue weighted by molar-refractivity contribution is 6.19. The van der Waals surface area contributed by atoms with Crippen LogP contribution >= 0.6 is 0 Å². The quantitative estimate of drug-likeness (QED) is 0.175. The van der Waals surface area contributed by atoms with Crippen LogP contribution in [-0.2, 0) is 0 Å². The molecule has 0 bridgehead atoms. The lowest BCUT2D eigenvalue weighted by Gasteiger charge is -2.26. The van der Waals surface area contributed by atoms with Gasteiger partial charge in [0, 0.05) is 33.2 Å². The molecule has 0 aliphatic carbocycles. The van der Waals surface area contributed by atoms with Crippen LogP contribution < -0.4 is 4.90 Å². The molecule has 0 atom stereocenters. The number of nitrogens with zero attached hydrogens (tertiary/aromatic N) is 1. The van der Waals surface area contributed by atoms with Crippen molar-refractivity contribution in [2.45, 2.75) is 0 Å². The Morgan fingerprint density at radius 2 is 1.04 bits per heavy atom. The van der Waals surface area contributed by atoms with E-state index in [1.165, 1.54) is 0 Å². The Hall–Kier alpha value is -6.90. The molecular weight excluding hydrogens is 631 g/mol. The van der Waals surface area contributed by atoms with Gasteiger partial charge in [-0.1, -0.05) is 145 Å². The molecule has 0 saturated heterocycles. The summed E-state index contributed by atoms with van der Waals surface area (Å²) in [6.45, 7) is 0. The zero-order valence-corrected chi connectivity index (χ0v) is 27.7. The average molecular weight is 673 g/mol. The summed E-state index contributed by atoms with van der Waals surface area (Å²) in [5, 5.41) is 6.29. The Labute approximate surface area is 315 Å². The highest BCUT2D eigenvalue weighted by atomic mass is 16.3. The number of rotatable bonds is 6. The third-order valence-corrected chi connectivity index (χ3v) is 9.62. The van der Waals surface area contributed by atoms with Crippen molar-refractivity contribution >= 4 is 60.5 Å². The van der Waals surface area contributed by atoms with Crippen LogP contribution in [0.15, 0.2) is 204 Å². The first-order valence-corrected chi connectivity index (χ1v) is 17.0. The highest BCUT2D eigenvalue weighted by Gasteiger charge is 2.17. The van der Waals surface area contributed by atoms with Crippen LogP contribution in [0.2, 0.25) is 0 Å². The fourth-order valence-corrected chi connectivity index (χ4v) is 7.08. The van der Waals surface area contributed by atoms with Gasteiger partial charge in [-0.15, -0.1) is 0 Å². The van der Waals surface area contributed by atoms with E-state index in [0.29, 0.717) is 11.4 Å². The molecule has 0 N–H and O–H groups in total. The van der Waals surface area contributed by atoms with Gasteiger partial charge in [-0.2, -0.15) is 0 Å². The van der Waals surface area contributed by atoms with E-state index in [1.807, 2.05) is 91.0 Å². The molecule has 10 rings (SSSR count). The molecule has 0 aliphatic rings. The van der Waals surface area contributed by atoms with Crippen molar-refractivity contribution in [3.63, 3.8) is 0 Å². The van der Waals surface area contributed by atoms with Crippen molar-refractivity contribution in [2.75, 3.05) is 4.90 Å². The van der Waals surface area contributed by atoms with Crippen LogP contribution in [0, 0.1) is 0 Å². The maximum atomic E-state index is 9.38. The van der Waals surface area contributed by atoms with Gasteiger partial charge in [-0.3, -0.25) is 0 Å². The van der Waals surface area contributed by atoms with E-state index in [0.717, 1.165) is 65.7 Å². The van der Waals surface area contributed by atoms with Gasteiger partial charge in [0.1, 0.15) is 11.2 Å². The first-order chi connectivity index (χ1) is 29.5. The minimum absolute atomic E-state index is 0.0628. The third kappa shape index (κ3) is 5.21. The van der Waals surface area contributed by atoms with Crippen molar-refractivity contribution in [3.8, 4) is 33.4 Å². The van der Waals surface area contributed by atoms with Gasteiger partial charge in [0.05, 0.1) is 12.3 Å². The molecule has 10 aromatic rings. The van der Waals surface area contributed by atoms with Gasteiger partial charge in [0.15, 0.2) is 0 Å². The van der Waals surface area contributed by atoms with E-state index < -0.39 is 54.4 Å². The minimum atomic E-state index is -0.627. The molecule has 0 amide bonds. The fraction of sp³-hybridized carbons (Fsp3) is 0. The van der Waals surface area contributed by atoms with E-state index in [2.05, 4.69) is 54.6 Å². The molecule has 0 radical (unpaired) electrons. The predicted molar refractivity (Wildman–Crippen MR) is 220 cm³/mol. The summed E-state index contributed by atoms with van der Waals surface area (Å²) in [6, 6.07) is 42.9. The van der Waals surface area contributed by atoms with Crippen molar-refractivity contribution in [1.82, 2.24) is 0 Å².